The number of thiophene rings is 1. The summed E-state index contributed by atoms with van der Waals surface area (Å²) in [6, 6.07) is 3.39. The molecule has 0 bridgehead atoms. The summed E-state index contributed by atoms with van der Waals surface area (Å²) >= 11 is 1.10. The second kappa shape index (κ2) is 5.51. The van der Waals surface area contributed by atoms with Gasteiger partial charge in [-0.1, -0.05) is 17.7 Å². The van der Waals surface area contributed by atoms with E-state index in [9.17, 15) is 30.7 Å². The molecule has 1 aromatic carbocycles. The van der Waals surface area contributed by atoms with Crippen LogP contribution in [0.5, 0.6) is 0 Å². The Kier molecular flexibility index (Phi) is 4.26. The van der Waals surface area contributed by atoms with E-state index >= 15 is 0 Å². The number of alkyl halides is 7. The topological polar surface area (TPSA) is 0 Å². The Bertz CT molecular complexity index is 682. The minimum absolute atomic E-state index is 0.118. The Morgan fingerprint density at radius 3 is 1.87 bits per heavy atom. The molecule has 1 heterocycles. The average molecular weight is 356 g/mol. The van der Waals surface area contributed by atoms with Crippen LogP contribution in [0.25, 0.3) is 11.1 Å². The third-order valence-corrected chi connectivity index (χ3v) is 4.13. The SMILES string of the molecule is Cc1cc(C)c(-c2ccsc2)c(C(F)(C(F)(F)F)C(F)(F)F)c1. The highest BCUT2D eigenvalue weighted by Gasteiger charge is 2.74. The zero-order chi connectivity index (χ0) is 17.6. The van der Waals surface area contributed by atoms with E-state index in [1.807, 2.05) is 0 Å². The fourth-order valence-corrected chi connectivity index (χ4v) is 3.14. The Morgan fingerprint density at radius 2 is 1.43 bits per heavy atom. The maximum atomic E-state index is 14.5. The summed E-state index contributed by atoms with van der Waals surface area (Å²) in [5, 5.41) is 2.88. The summed E-state index contributed by atoms with van der Waals surface area (Å²) in [5.41, 5.74) is -6.85. The summed E-state index contributed by atoms with van der Waals surface area (Å²) in [6.45, 7) is 2.68. The molecule has 0 spiro atoms. The van der Waals surface area contributed by atoms with Gasteiger partial charge in [-0.25, -0.2) is 4.39 Å². The molecule has 0 aliphatic rings. The molecular weight excluding hydrogens is 345 g/mol. The summed E-state index contributed by atoms with van der Waals surface area (Å²) in [5.74, 6) is 0. The summed E-state index contributed by atoms with van der Waals surface area (Å²) < 4.78 is 93.0. The van der Waals surface area contributed by atoms with Gasteiger partial charge in [-0.3, -0.25) is 0 Å². The lowest BCUT2D eigenvalue weighted by molar-refractivity contribution is -0.348. The highest BCUT2D eigenvalue weighted by molar-refractivity contribution is 7.08. The molecule has 0 aliphatic heterocycles. The zero-order valence-corrected chi connectivity index (χ0v) is 12.8. The monoisotopic (exact) mass is 356 g/mol. The van der Waals surface area contributed by atoms with Gasteiger partial charge in [0.1, 0.15) is 0 Å². The first-order chi connectivity index (χ1) is 10.4. The first-order valence-electron chi connectivity index (χ1n) is 6.36. The highest BCUT2D eigenvalue weighted by atomic mass is 32.1. The van der Waals surface area contributed by atoms with E-state index in [1.54, 1.807) is 0 Å². The number of halogens is 7. The molecule has 2 aromatic rings. The molecule has 0 atom stereocenters. The molecule has 0 saturated carbocycles. The van der Waals surface area contributed by atoms with Gasteiger partial charge < -0.3 is 0 Å². The van der Waals surface area contributed by atoms with Crippen LogP contribution >= 0.6 is 11.3 Å². The largest absolute Gasteiger partial charge is 0.435 e. The fraction of sp³-hybridized carbons (Fsp3) is 0.333. The van der Waals surface area contributed by atoms with Crippen molar-refractivity contribution in [1.29, 1.82) is 0 Å². The van der Waals surface area contributed by atoms with Crippen LogP contribution in [0.3, 0.4) is 0 Å². The number of aryl methyl sites for hydroxylation is 2. The minimum Gasteiger partial charge on any atom is -0.218 e. The molecule has 0 nitrogen and oxygen atoms in total. The van der Waals surface area contributed by atoms with Crippen molar-refractivity contribution in [2.45, 2.75) is 31.9 Å². The van der Waals surface area contributed by atoms with Crippen molar-refractivity contribution in [1.82, 2.24) is 0 Å². The van der Waals surface area contributed by atoms with Gasteiger partial charge in [0.05, 0.1) is 0 Å². The molecule has 2 rings (SSSR count). The second-order valence-electron chi connectivity index (χ2n) is 5.17. The fourth-order valence-electron chi connectivity index (χ4n) is 2.50. The van der Waals surface area contributed by atoms with Crippen LogP contribution in [-0.4, -0.2) is 12.4 Å². The molecule has 0 unspecified atom stereocenters. The number of benzene rings is 1. The van der Waals surface area contributed by atoms with E-state index < -0.39 is 23.6 Å². The molecule has 0 amide bonds. The van der Waals surface area contributed by atoms with E-state index in [1.165, 1.54) is 36.7 Å². The normalized spacial score (nSPS) is 13.4. The Morgan fingerprint density at radius 1 is 0.870 bits per heavy atom. The van der Waals surface area contributed by atoms with Crippen LogP contribution in [0.2, 0.25) is 0 Å². The lowest BCUT2D eigenvalue weighted by Crippen LogP contribution is -2.50. The average Bonchev–Trinajstić information content (AvgIpc) is 2.87. The smallest absolute Gasteiger partial charge is 0.218 e. The Balaban J connectivity index is 2.90. The number of rotatable bonds is 2. The third-order valence-electron chi connectivity index (χ3n) is 3.44. The number of hydrogen-bond donors (Lipinski definition) is 0. The molecular formula is C15H11F7S. The van der Waals surface area contributed by atoms with Crippen molar-refractivity contribution in [3.63, 3.8) is 0 Å². The van der Waals surface area contributed by atoms with Crippen molar-refractivity contribution in [2.75, 3.05) is 0 Å². The molecule has 126 valence electrons. The summed E-state index contributed by atoms with van der Waals surface area (Å²) in [7, 11) is 0. The van der Waals surface area contributed by atoms with E-state index in [-0.39, 0.29) is 22.3 Å². The Labute approximate surface area is 131 Å². The van der Waals surface area contributed by atoms with Crippen molar-refractivity contribution in [3.05, 3.63) is 45.6 Å². The van der Waals surface area contributed by atoms with Crippen LogP contribution in [0, 0.1) is 13.8 Å². The molecule has 8 heteroatoms. The molecule has 0 radical (unpaired) electrons. The van der Waals surface area contributed by atoms with Crippen molar-refractivity contribution in [2.24, 2.45) is 0 Å². The molecule has 0 saturated heterocycles. The first-order valence-corrected chi connectivity index (χ1v) is 7.30. The van der Waals surface area contributed by atoms with Crippen molar-refractivity contribution >= 4 is 11.3 Å². The first kappa shape index (κ1) is 17.8. The summed E-state index contributed by atoms with van der Waals surface area (Å²) in [6.07, 6.45) is -12.3. The minimum atomic E-state index is -6.13. The van der Waals surface area contributed by atoms with E-state index in [2.05, 4.69) is 0 Å². The van der Waals surface area contributed by atoms with Crippen LogP contribution in [0.1, 0.15) is 16.7 Å². The van der Waals surface area contributed by atoms with Crippen molar-refractivity contribution < 1.29 is 30.7 Å². The van der Waals surface area contributed by atoms with Gasteiger partial charge >= 0.3 is 18.0 Å². The van der Waals surface area contributed by atoms with Gasteiger partial charge in [0.2, 0.25) is 0 Å². The number of hydrogen-bond acceptors (Lipinski definition) is 1. The predicted molar refractivity (Wildman–Crippen MR) is 74.1 cm³/mol. The molecule has 0 aliphatic carbocycles. The van der Waals surface area contributed by atoms with Crippen LogP contribution < -0.4 is 0 Å². The van der Waals surface area contributed by atoms with E-state index in [4.69, 9.17) is 0 Å². The van der Waals surface area contributed by atoms with Gasteiger partial charge in [-0.15, -0.1) is 0 Å². The molecule has 1 aromatic heterocycles. The highest BCUT2D eigenvalue weighted by Crippen LogP contribution is 2.55. The van der Waals surface area contributed by atoms with Gasteiger partial charge in [-0.2, -0.15) is 37.7 Å². The maximum absolute atomic E-state index is 14.5. The molecule has 0 N–H and O–H groups in total. The quantitative estimate of drug-likeness (QED) is 0.552. The van der Waals surface area contributed by atoms with Gasteiger partial charge in [0.25, 0.3) is 0 Å². The van der Waals surface area contributed by atoms with Crippen LogP contribution in [0.4, 0.5) is 30.7 Å². The second-order valence-corrected chi connectivity index (χ2v) is 5.95. The van der Waals surface area contributed by atoms with E-state index in [0.29, 0.717) is 6.07 Å². The van der Waals surface area contributed by atoms with Crippen molar-refractivity contribution in [3.8, 4) is 11.1 Å². The van der Waals surface area contributed by atoms with Gasteiger partial charge in [-0.05, 0) is 47.4 Å². The molecule has 0 fully saturated rings. The van der Waals surface area contributed by atoms with Crippen LogP contribution in [0.15, 0.2) is 29.0 Å². The maximum Gasteiger partial charge on any atom is 0.435 e. The molecule has 23 heavy (non-hydrogen) atoms. The summed E-state index contributed by atoms with van der Waals surface area (Å²) in [4.78, 5) is 0. The lowest BCUT2D eigenvalue weighted by atomic mass is 9.84. The predicted octanol–water partition coefficient (Wildman–Crippen LogP) is 6.32. The zero-order valence-electron chi connectivity index (χ0n) is 11.9. The van der Waals surface area contributed by atoms with Gasteiger partial charge in [0, 0.05) is 5.56 Å². The standard InChI is InChI=1S/C15H11F7S/c1-8-5-9(2)12(10-3-4-23-7-10)11(6-8)13(16,14(17,18)19)15(20,21)22/h3-7H,1-2H3. The Hall–Kier alpha value is -1.57. The lowest BCUT2D eigenvalue weighted by Gasteiger charge is -2.32. The van der Waals surface area contributed by atoms with E-state index in [0.717, 1.165) is 11.3 Å². The third kappa shape index (κ3) is 2.84. The van der Waals surface area contributed by atoms with Crippen LogP contribution in [-0.2, 0) is 5.67 Å². The van der Waals surface area contributed by atoms with Gasteiger partial charge in [0.15, 0.2) is 0 Å².